The van der Waals surface area contributed by atoms with Crippen molar-refractivity contribution in [1.82, 2.24) is 5.32 Å². The number of nitrogens with zero attached hydrogens (tertiary/aromatic N) is 4. The van der Waals surface area contributed by atoms with Gasteiger partial charge in [0.1, 0.15) is 23.3 Å². The SMILES string of the molecule is CN(C)c1ccc(-c2ccc(/C=C(\C#N)C(=O)NCCOCCOCCCCCCCl)s2)cc1.CN(C)c1ccc(-c2ccc(/C=C(\C#N)C(=O)O)s2)cc1.NCCOCCOCCCCCCCl. The quantitative estimate of drug-likeness (QED) is 0.0188. The van der Waals surface area contributed by atoms with Gasteiger partial charge in [0.25, 0.3) is 5.91 Å². The predicted octanol–water partition coefficient (Wildman–Crippen LogP) is 10.6. The number of benzene rings is 2. The van der Waals surface area contributed by atoms with Crippen LogP contribution in [-0.2, 0) is 28.5 Å². The zero-order valence-electron chi connectivity index (χ0n) is 40.6. The number of unbranched alkanes of at least 4 members (excludes halogenated alkanes) is 6. The number of aliphatic carboxylic acids is 1. The summed E-state index contributed by atoms with van der Waals surface area (Å²) in [6, 6.07) is 27.7. The van der Waals surface area contributed by atoms with Crippen molar-refractivity contribution < 1.29 is 33.6 Å². The second-order valence-electron chi connectivity index (χ2n) is 15.6. The second-order valence-corrected chi connectivity index (χ2v) is 18.6. The Kier molecular flexibility index (Phi) is 33.3. The summed E-state index contributed by atoms with van der Waals surface area (Å²) in [4.78, 5) is 31.0. The molecule has 69 heavy (non-hydrogen) atoms. The third-order valence-corrected chi connectivity index (χ3v) is 12.5. The van der Waals surface area contributed by atoms with Crippen LogP contribution in [0.2, 0.25) is 0 Å². The Labute approximate surface area is 428 Å². The van der Waals surface area contributed by atoms with E-state index in [1.54, 1.807) is 23.5 Å². The van der Waals surface area contributed by atoms with Gasteiger partial charge in [-0.25, -0.2) is 4.79 Å². The maximum Gasteiger partial charge on any atom is 0.346 e. The van der Waals surface area contributed by atoms with Gasteiger partial charge >= 0.3 is 5.97 Å². The first kappa shape index (κ1) is 60.3. The van der Waals surface area contributed by atoms with Gasteiger partial charge in [-0.3, -0.25) is 4.79 Å². The van der Waals surface area contributed by atoms with Gasteiger partial charge < -0.3 is 44.9 Å². The number of thiophene rings is 2. The van der Waals surface area contributed by atoms with Crippen LogP contribution in [0, 0.1) is 22.7 Å². The number of hydrogen-bond acceptors (Lipinski definition) is 13. The Hall–Kier alpha value is -4.78. The van der Waals surface area contributed by atoms with Crippen LogP contribution >= 0.6 is 45.9 Å². The molecule has 0 atom stereocenters. The maximum atomic E-state index is 12.3. The summed E-state index contributed by atoms with van der Waals surface area (Å²) in [6.45, 7) is 5.81. The van der Waals surface area contributed by atoms with Gasteiger partial charge in [0.2, 0.25) is 0 Å². The monoisotopic (exact) mass is 1020 g/mol. The lowest BCUT2D eigenvalue weighted by Gasteiger charge is -2.12. The van der Waals surface area contributed by atoms with E-state index in [0.29, 0.717) is 52.7 Å². The molecule has 0 aliphatic carbocycles. The Morgan fingerprint density at radius 3 is 1.39 bits per heavy atom. The molecule has 0 unspecified atom stereocenters. The molecular formula is C52H70Cl2N6O7S2. The number of carboxylic acids is 1. The van der Waals surface area contributed by atoms with Crippen LogP contribution in [0.4, 0.5) is 11.4 Å². The fraction of sp³-hybridized carbons (Fsp3) is 0.462. The molecule has 0 fully saturated rings. The largest absolute Gasteiger partial charge is 0.477 e. The molecule has 1 amide bonds. The minimum Gasteiger partial charge on any atom is -0.477 e. The Balaban J connectivity index is 0.000000395. The predicted molar refractivity (Wildman–Crippen MR) is 287 cm³/mol. The molecule has 17 heteroatoms. The van der Waals surface area contributed by atoms with Crippen LogP contribution in [-0.4, -0.2) is 123 Å². The average molecular weight is 1030 g/mol. The molecule has 0 saturated carbocycles. The lowest BCUT2D eigenvalue weighted by molar-refractivity contribution is -0.132. The van der Waals surface area contributed by atoms with Gasteiger partial charge in [0, 0.05) is 97.1 Å². The Morgan fingerprint density at radius 1 is 0.594 bits per heavy atom. The van der Waals surface area contributed by atoms with Crippen molar-refractivity contribution in [1.29, 1.82) is 10.5 Å². The summed E-state index contributed by atoms with van der Waals surface area (Å²) in [5.74, 6) is -0.112. The van der Waals surface area contributed by atoms with Gasteiger partial charge in [-0.15, -0.1) is 45.9 Å². The van der Waals surface area contributed by atoms with E-state index in [0.717, 1.165) is 106 Å². The standard InChI is InChI=1S/C26H34ClN3O3S.C16H14N2O2S.C10H22ClNO2/c1-30(2)23-9-7-21(8-10-23)25-12-11-24(34-25)19-22(20-28)26(31)29-14-16-33-18-17-32-15-6-4-3-5-13-27;1-18(2)13-5-3-11(4-6-13)15-8-7-14(21-15)9-12(10-17)16(19)20;11-5-3-1-2-4-7-13-9-10-14-8-6-12/h7-12,19H,3-6,13-18H2,1-2H3,(H,29,31);3-9H,1-2H3,(H,19,20);1-10,12H2/b22-19+;12-9+;. The van der Waals surface area contributed by atoms with Crippen LogP contribution in [0.3, 0.4) is 0 Å². The molecular weight excluding hydrogens is 956 g/mol. The van der Waals surface area contributed by atoms with Gasteiger partial charge in [-0.2, -0.15) is 10.5 Å². The lowest BCUT2D eigenvalue weighted by Crippen LogP contribution is -2.28. The van der Waals surface area contributed by atoms with Crippen molar-refractivity contribution in [3.05, 3.63) is 93.7 Å². The first-order chi connectivity index (χ1) is 33.5. The van der Waals surface area contributed by atoms with E-state index < -0.39 is 11.9 Å². The molecule has 13 nitrogen and oxygen atoms in total. The summed E-state index contributed by atoms with van der Waals surface area (Å²) < 4.78 is 21.5. The molecule has 4 aromatic rings. The number of nitriles is 2. The molecule has 0 saturated heterocycles. The van der Waals surface area contributed by atoms with Crippen LogP contribution in [0.15, 0.2) is 83.9 Å². The van der Waals surface area contributed by atoms with E-state index in [1.165, 1.54) is 30.3 Å². The second kappa shape index (κ2) is 38.0. The van der Waals surface area contributed by atoms with Gasteiger partial charge in [-0.05, 0) is 97.5 Å². The zero-order chi connectivity index (χ0) is 50.5. The maximum absolute atomic E-state index is 12.3. The smallest absolute Gasteiger partial charge is 0.346 e. The molecule has 0 aliphatic rings. The molecule has 2 aromatic heterocycles. The number of nitrogens with two attached hydrogens (primary N) is 1. The zero-order valence-corrected chi connectivity index (χ0v) is 43.7. The fourth-order valence-electron chi connectivity index (χ4n) is 5.96. The minimum atomic E-state index is -1.21. The fourth-order valence-corrected chi connectivity index (χ4v) is 8.25. The third kappa shape index (κ3) is 26.7. The summed E-state index contributed by atoms with van der Waals surface area (Å²) >= 11 is 14.2. The van der Waals surface area contributed by atoms with E-state index in [2.05, 4.69) is 34.5 Å². The molecule has 0 spiro atoms. The Morgan fingerprint density at radius 2 is 1.00 bits per heavy atom. The number of carboxylic acid groups (broad SMARTS) is 1. The first-order valence-corrected chi connectivity index (χ1v) is 25.8. The first-order valence-electron chi connectivity index (χ1n) is 23.1. The molecule has 2 heterocycles. The van der Waals surface area contributed by atoms with Gasteiger partial charge in [-0.1, -0.05) is 49.9 Å². The normalized spacial score (nSPS) is 11.1. The molecule has 376 valence electrons. The summed E-state index contributed by atoms with van der Waals surface area (Å²) in [7, 11) is 7.98. The van der Waals surface area contributed by atoms with Crippen molar-refractivity contribution in [2.75, 3.05) is 116 Å². The van der Waals surface area contributed by atoms with Gasteiger partial charge in [0.05, 0.1) is 39.6 Å². The van der Waals surface area contributed by atoms with E-state index in [1.807, 2.05) is 87.7 Å². The number of ether oxygens (including phenoxy) is 4. The topological polar surface area (TPSA) is 183 Å². The number of halogens is 2. The van der Waals surface area contributed by atoms with Crippen molar-refractivity contribution in [3.63, 3.8) is 0 Å². The van der Waals surface area contributed by atoms with Crippen LogP contribution < -0.4 is 20.9 Å². The van der Waals surface area contributed by atoms with Crippen LogP contribution in [0.1, 0.15) is 61.1 Å². The lowest BCUT2D eigenvalue weighted by atomic mass is 10.1. The average Bonchev–Trinajstić information content (AvgIpc) is 4.04. The highest BCUT2D eigenvalue weighted by molar-refractivity contribution is 7.16. The minimum absolute atomic E-state index is 0.0776. The van der Waals surface area contributed by atoms with Crippen LogP contribution in [0.5, 0.6) is 0 Å². The number of amides is 1. The third-order valence-electron chi connectivity index (χ3n) is 9.76. The number of carbonyl (C=O) groups is 2. The number of nitrogens with one attached hydrogen (secondary N) is 1. The number of alkyl halides is 2. The van der Waals surface area contributed by atoms with Gasteiger partial charge in [0.15, 0.2) is 0 Å². The molecule has 0 bridgehead atoms. The highest BCUT2D eigenvalue weighted by atomic mass is 35.5. The summed E-state index contributed by atoms with van der Waals surface area (Å²) in [6.07, 6.45) is 12.0. The van der Waals surface area contributed by atoms with Crippen molar-refractivity contribution >= 4 is 81.3 Å². The molecule has 2 aromatic carbocycles. The van der Waals surface area contributed by atoms with E-state index >= 15 is 0 Å². The molecule has 4 N–H and O–H groups in total. The summed E-state index contributed by atoms with van der Waals surface area (Å²) in [5.41, 5.74) is 9.50. The Bertz CT molecular complexity index is 2150. The number of hydrogen-bond donors (Lipinski definition) is 3. The van der Waals surface area contributed by atoms with Crippen molar-refractivity contribution in [2.24, 2.45) is 5.73 Å². The van der Waals surface area contributed by atoms with E-state index in [9.17, 15) is 14.9 Å². The molecule has 4 rings (SSSR count). The van der Waals surface area contributed by atoms with E-state index in [-0.39, 0.29) is 11.1 Å². The highest BCUT2D eigenvalue weighted by Gasteiger charge is 2.11. The van der Waals surface area contributed by atoms with Crippen LogP contribution in [0.25, 0.3) is 33.0 Å². The van der Waals surface area contributed by atoms with E-state index in [4.69, 9.17) is 58.3 Å². The molecule has 0 aliphatic heterocycles. The van der Waals surface area contributed by atoms with Crippen molar-refractivity contribution in [2.45, 2.75) is 51.4 Å². The highest BCUT2D eigenvalue weighted by Crippen LogP contribution is 2.32. The number of carbonyl (C=O) groups excluding carboxylic acids is 1. The van der Waals surface area contributed by atoms with Crippen molar-refractivity contribution in [3.8, 4) is 33.0 Å². The number of anilines is 2. The molecule has 0 radical (unpaired) electrons. The summed E-state index contributed by atoms with van der Waals surface area (Å²) in [5, 5.41) is 29.8. The number of rotatable bonds is 31.